The van der Waals surface area contributed by atoms with E-state index in [4.69, 9.17) is 10.5 Å². The number of carbonyl (C=O) groups excluding carboxylic acids is 1. The Morgan fingerprint density at radius 3 is 2.71 bits per heavy atom. The number of nitrogens with zero attached hydrogens (tertiary/aromatic N) is 1. The Morgan fingerprint density at radius 1 is 1.50 bits per heavy atom. The third kappa shape index (κ3) is 1.84. The molecule has 1 fully saturated rings. The van der Waals surface area contributed by atoms with E-state index in [-0.39, 0.29) is 5.69 Å². The van der Waals surface area contributed by atoms with Crippen LogP contribution in [-0.4, -0.2) is 17.0 Å². The number of carbonyl (C=O) groups is 1. The molecule has 0 bridgehead atoms. The van der Waals surface area contributed by atoms with Crippen molar-refractivity contribution in [3.05, 3.63) is 24.0 Å². The van der Waals surface area contributed by atoms with Gasteiger partial charge in [0, 0.05) is 0 Å². The standard InChI is InChI=1S/C10H12N2O2/c11-10(13)9-5-4-8(6-12-9)14-7-2-1-3-7/h4-7H,1-3H2,(H2,11,13). The first-order valence-corrected chi connectivity index (χ1v) is 4.68. The average Bonchev–Trinajstić information content (AvgIpc) is 2.12. The average molecular weight is 192 g/mol. The topological polar surface area (TPSA) is 65.2 Å². The number of hydrogen-bond donors (Lipinski definition) is 1. The lowest BCUT2D eigenvalue weighted by molar-refractivity contribution is 0.0995. The molecular weight excluding hydrogens is 180 g/mol. The summed E-state index contributed by atoms with van der Waals surface area (Å²) in [5.41, 5.74) is 5.33. The molecule has 0 radical (unpaired) electrons. The van der Waals surface area contributed by atoms with Gasteiger partial charge < -0.3 is 10.5 Å². The van der Waals surface area contributed by atoms with Crippen LogP contribution in [0, 0.1) is 0 Å². The first-order chi connectivity index (χ1) is 6.75. The fourth-order valence-corrected chi connectivity index (χ4v) is 1.28. The molecule has 0 spiro atoms. The van der Waals surface area contributed by atoms with Crippen LogP contribution >= 0.6 is 0 Å². The molecule has 1 aliphatic carbocycles. The van der Waals surface area contributed by atoms with Crippen LogP contribution in [-0.2, 0) is 0 Å². The van der Waals surface area contributed by atoms with Crippen LogP contribution in [0.4, 0.5) is 0 Å². The van der Waals surface area contributed by atoms with Crippen LogP contribution in [0.5, 0.6) is 5.75 Å². The highest BCUT2D eigenvalue weighted by Gasteiger charge is 2.19. The minimum absolute atomic E-state index is 0.269. The van der Waals surface area contributed by atoms with Crippen molar-refractivity contribution in [2.45, 2.75) is 25.4 Å². The summed E-state index contributed by atoms with van der Waals surface area (Å²) in [4.78, 5) is 14.6. The van der Waals surface area contributed by atoms with Crippen LogP contribution in [0.25, 0.3) is 0 Å². The van der Waals surface area contributed by atoms with Gasteiger partial charge in [0.05, 0.1) is 12.3 Å². The highest BCUT2D eigenvalue weighted by atomic mass is 16.5. The van der Waals surface area contributed by atoms with Gasteiger partial charge in [0.1, 0.15) is 11.4 Å². The van der Waals surface area contributed by atoms with Crippen molar-refractivity contribution in [2.75, 3.05) is 0 Å². The van der Waals surface area contributed by atoms with Crippen molar-refractivity contribution in [3.8, 4) is 5.75 Å². The molecule has 2 N–H and O–H groups in total. The summed E-state index contributed by atoms with van der Waals surface area (Å²) in [5, 5.41) is 0. The summed E-state index contributed by atoms with van der Waals surface area (Å²) in [6.45, 7) is 0. The van der Waals surface area contributed by atoms with E-state index in [0.29, 0.717) is 11.9 Å². The van der Waals surface area contributed by atoms with Gasteiger partial charge in [-0.3, -0.25) is 4.79 Å². The van der Waals surface area contributed by atoms with E-state index in [1.807, 2.05) is 0 Å². The van der Waals surface area contributed by atoms with Gasteiger partial charge in [-0.05, 0) is 31.4 Å². The number of nitrogens with two attached hydrogens (primary N) is 1. The third-order valence-corrected chi connectivity index (χ3v) is 2.34. The lowest BCUT2D eigenvalue weighted by Gasteiger charge is -2.26. The minimum atomic E-state index is -0.514. The molecule has 0 unspecified atom stereocenters. The minimum Gasteiger partial charge on any atom is -0.489 e. The van der Waals surface area contributed by atoms with Crippen molar-refractivity contribution >= 4 is 5.91 Å². The van der Waals surface area contributed by atoms with E-state index in [9.17, 15) is 4.79 Å². The maximum Gasteiger partial charge on any atom is 0.267 e. The molecule has 1 saturated carbocycles. The summed E-state index contributed by atoms with van der Waals surface area (Å²) in [6, 6.07) is 3.31. The fraction of sp³-hybridized carbons (Fsp3) is 0.400. The SMILES string of the molecule is NC(=O)c1ccc(OC2CCC2)cn1. The Morgan fingerprint density at radius 2 is 2.29 bits per heavy atom. The Bertz CT molecular complexity index is 330. The van der Waals surface area contributed by atoms with Crippen LogP contribution in [0.3, 0.4) is 0 Å². The first-order valence-electron chi connectivity index (χ1n) is 4.68. The molecule has 0 atom stereocenters. The summed E-state index contributed by atoms with van der Waals surface area (Å²) in [6.07, 6.45) is 5.32. The quantitative estimate of drug-likeness (QED) is 0.780. The van der Waals surface area contributed by atoms with E-state index < -0.39 is 5.91 Å². The molecule has 2 rings (SSSR count). The molecule has 14 heavy (non-hydrogen) atoms. The van der Waals surface area contributed by atoms with Gasteiger partial charge in [0.25, 0.3) is 5.91 Å². The van der Waals surface area contributed by atoms with Crippen LogP contribution in [0.15, 0.2) is 18.3 Å². The largest absolute Gasteiger partial charge is 0.489 e. The van der Waals surface area contributed by atoms with Gasteiger partial charge in [0.15, 0.2) is 0 Å². The van der Waals surface area contributed by atoms with Gasteiger partial charge in [0.2, 0.25) is 0 Å². The molecule has 0 aromatic carbocycles. The molecule has 1 aromatic rings. The molecule has 0 aliphatic heterocycles. The second-order valence-electron chi connectivity index (χ2n) is 3.41. The zero-order valence-electron chi connectivity index (χ0n) is 7.77. The molecule has 4 nitrogen and oxygen atoms in total. The van der Waals surface area contributed by atoms with E-state index in [0.717, 1.165) is 12.8 Å². The maximum absolute atomic E-state index is 10.7. The van der Waals surface area contributed by atoms with Crippen LogP contribution in [0.1, 0.15) is 29.8 Å². The summed E-state index contributed by atoms with van der Waals surface area (Å²) in [5.74, 6) is 0.194. The summed E-state index contributed by atoms with van der Waals surface area (Å²) < 4.78 is 5.57. The number of pyridine rings is 1. The predicted molar refractivity (Wildman–Crippen MR) is 51.0 cm³/mol. The molecule has 1 aromatic heterocycles. The van der Waals surface area contributed by atoms with Crippen molar-refractivity contribution in [2.24, 2.45) is 5.73 Å². The molecule has 74 valence electrons. The Labute approximate surface area is 82.1 Å². The van der Waals surface area contributed by atoms with E-state index in [1.54, 1.807) is 18.3 Å². The number of rotatable bonds is 3. The second kappa shape index (κ2) is 3.65. The van der Waals surface area contributed by atoms with E-state index >= 15 is 0 Å². The Balaban J connectivity index is 2.01. The van der Waals surface area contributed by atoms with Gasteiger partial charge in [-0.1, -0.05) is 0 Å². The zero-order chi connectivity index (χ0) is 9.97. The zero-order valence-corrected chi connectivity index (χ0v) is 7.77. The number of primary amides is 1. The number of hydrogen-bond acceptors (Lipinski definition) is 3. The van der Waals surface area contributed by atoms with Gasteiger partial charge in [-0.2, -0.15) is 0 Å². The Kier molecular flexibility index (Phi) is 2.35. The second-order valence-corrected chi connectivity index (χ2v) is 3.41. The van der Waals surface area contributed by atoms with E-state index in [1.165, 1.54) is 6.42 Å². The summed E-state index contributed by atoms with van der Waals surface area (Å²) >= 11 is 0. The number of amides is 1. The van der Waals surface area contributed by atoms with E-state index in [2.05, 4.69) is 4.98 Å². The monoisotopic (exact) mass is 192 g/mol. The first kappa shape index (κ1) is 8.99. The van der Waals surface area contributed by atoms with Crippen LogP contribution < -0.4 is 10.5 Å². The molecule has 4 heteroatoms. The van der Waals surface area contributed by atoms with Gasteiger partial charge >= 0.3 is 0 Å². The maximum atomic E-state index is 10.7. The number of aromatic nitrogens is 1. The normalized spacial score (nSPS) is 16.0. The van der Waals surface area contributed by atoms with Crippen molar-refractivity contribution in [1.29, 1.82) is 0 Å². The Hall–Kier alpha value is -1.58. The fourth-order valence-electron chi connectivity index (χ4n) is 1.28. The van der Waals surface area contributed by atoms with Crippen molar-refractivity contribution in [3.63, 3.8) is 0 Å². The van der Waals surface area contributed by atoms with Crippen molar-refractivity contribution < 1.29 is 9.53 Å². The lowest BCUT2D eigenvalue weighted by Crippen LogP contribution is -2.24. The van der Waals surface area contributed by atoms with Crippen molar-refractivity contribution in [1.82, 2.24) is 4.98 Å². The molecule has 1 amide bonds. The molecule has 1 aliphatic rings. The highest BCUT2D eigenvalue weighted by Crippen LogP contribution is 2.24. The molecule has 1 heterocycles. The summed E-state index contributed by atoms with van der Waals surface area (Å²) in [7, 11) is 0. The van der Waals surface area contributed by atoms with Gasteiger partial charge in [-0.25, -0.2) is 4.98 Å². The lowest BCUT2D eigenvalue weighted by atomic mass is 9.96. The smallest absolute Gasteiger partial charge is 0.267 e. The molecular formula is C10H12N2O2. The highest BCUT2D eigenvalue weighted by molar-refractivity contribution is 5.90. The number of ether oxygens (including phenoxy) is 1. The molecule has 0 saturated heterocycles. The third-order valence-electron chi connectivity index (χ3n) is 2.34. The van der Waals surface area contributed by atoms with Gasteiger partial charge in [-0.15, -0.1) is 0 Å². The van der Waals surface area contributed by atoms with Crippen LogP contribution in [0.2, 0.25) is 0 Å². The predicted octanol–water partition coefficient (Wildman–Crippen LogP) is 1.11.